The van der Waals surface area contributed by atoms with Crippen molar-refractivity contribution in [1.29, 1.82) is 0 Å². The highest BCUT2D eigenvalue weighted by Gasteiger charge is 2.30. The van der Waals surface area contributed by atoms with Crippen molar-refractivity contribution in [2.75, 3.05) is 0 Å². The Morgan fingerprint density at radius 1 is 1.00 bits per heavy atom. The fraction of sp³-hybridized carbons (Fsp3) is 0.391. The molecule has 0 fully saturated rings. The van der Waals surface area contributed by atoms with Crippen LogP contribution in [0.5, 0.6) is 0 Å². The quantitative estimate of drug-likeness (QED) is 0.460. The molecule has 0 radical (unpaired) electrons. The van der Waals surface area contributed by atoms with Crippen LogP contribution < -0.4 is 0 Å². The summed E-state index contributed by atoms with van der Waals surface area (Å²) in [4.78, 5) is 13.0. The summed E-state index contributed by atoms with van der Waals surface area (Å²) >= 11 is 0. The maximum Gasteiger partial charge on any atom is 0.416 e. The van der Waals surface area contributed by atoms with Crippen molar-refractivity contribution in [3.05, 3.63) is 59.4 Å². The number of carbonyl (C=O) groups is 1. The third-order valence-electron chi connectivity index (χ3n) is 4.73. The highest BCUT2D eigenvalue weighted by molar-refractivity contribution is 5.98. The molecule has 0 atom stereocenters. The molecule has 0 aliphatic heterocycles. The second-order valence-electron chi connectivity index (χ2n) is 9.11. The molecular formula is C23H25F3N4O. The maximum absolute atomic E-state index is 13.0. The highest BCUT2D eigenvalue weighted by Crippen LogP contribution is 2.32. The van der Waals surface area contributed by atoms with Gasteiger partial charge in [-0.3, -0.25) is 4.79 Å². The largest absolute Gasteiger partial charge is 0.416 e. The second kappa shape index (κ2) is 8.24. The van der Waals surface area contributed by atoms with Gasteiger partial charge in [0.1, 0.15) is 0 Å². The van der Waals surface area contributed by atoms with Crippen LogP contribution in [0.1, 0.15) is 68.7 Å². The SMILES string of the molecule is CC(C)c1nnnn1-c1cc(C(=O)CC(C)(C)C)cc(-c2ccc(C(F)(F)F)cc2)c1. The molecule has 0 bridgehead atoms. The van der Waals surface area contributed by atoms with Crippen LogP contribution in [-0.4, -0.2) is 26.0 Å². The Hall–Kier alpha value is -3.03. The summed E-state index contributed by atoms with van der Waals surface area (Å²) in [6.07, 6.45) is -4.08. The van der Waals surface area contributed by atoms with Crippen molar-refractivity contribution >= 4 is 5.78 Å². The molecule has 0 aliphatic rings. The number of hydrogen-bond donors (Lipinski definition) is 0. The Labute approximate surface area is 179 Å². The van der Waals surface area contributed by atoms with E-state index >= 15 is 0 Å². The first-order valence-electron chi connectivity index (χ1n) is 10.00. The number of hydrogen-bond acceptors (Lipinski definition) is 4. The zero-order chi connectivity index (χ0) is 23.0. The molecule has 0 aliphatic carbocycles. The molecule has 8 heteroatoms. The van der Waals surface area contributed by atoms with Gasteiger partial charge in [0.25, 0.3) is 0 Å². The van der Waals surface area contributed by atoms with Gasteiger partial charge in [-0.2, -0.15) is 17.9 Å². The van der Waals surface area contributed by atoms with Crippen LogP contribution in [0, 0.1) is 5.41 Å². The number of tetrazole rings is 1. The first kappa shape index (κ1) is 22.7. The molecule has 0 saturated carbocycles. The molecule has 5 nitrogen and oxygen atoms in total. The van der Waals surface area contributed by atoms with E-state index in [0.29, 0.717) is 34.6 Å². The standard InChI is InChI=1S/C23H25F3N4O/c1-14(2)21-27-28-29-30(21)19-11-16(10-17(12-19)20(31)13-22(3,4)5)15-6-8-18(9-7-15)23(24,25)26/h6-12,14H,13H2,1-5H3. The molecule has 2 aromatic carbocycles. The van der Waals surface area contributed by atoms with Gasteiger partial charge in [0, 0.05) is 17.9 Å². The lowest BCUT2D eigenvalue weighted by molar-refractivity contribution is -0.137. The first-order valence-corrected chi connectivity index (χ1v) is 10.00. The predicted molar refractivity (Wildman–Crippen MR) is 112 cm³/mol. The molecule has 0 spiro atoms. The van der Waals surface area contributed by atoms with E-state index in [1.165, 1.54) is 12.1 Å². The van der Waals surface area contributed by atoms with Crippen molar-refractivity contribution in [3.8, 4) is 16.8 Å². The fourth-order valence-electron chi connectivity index (χ4n) is 3.23. The lowest BCUT2D eigenvalue weighted by atomic mass is 9.87. The number of benzene rings is 2. The topological polar surface area (TPSA) is 60.7 Å². The third-order valence-corrected chi connectivity index (χ3v) is 4.73. The number of alkyl halides is 3. The van der Waals surface area contributed by atoms with Gasteiger partial charge in [-0.15, -0.1) is 5.10 Å². The summed E-state index contributed by atoms with van der Waals surface area (Å²) in [5, 5.41) is 11.9. The molecule has 0 amide bonds. The second-order valence-corrected chi connectivity index (χ2v) is 9.11. The van der Waals surface area contributed by atoms with Crippen LogP contribution in [-0.2, 0) is 6.18 Å². The van der Waals surface area contributed by atoms with Crippen LogP contribution >= 0.6 is 0 Å². The van der Waals surface area contributed by atoms with E-state index in [1.54, 1.807) is 22.9 Å². The Morgan fingerprint density at radius 3 is 2.19 bits per heavy atom. The monoisotopic (exact) mass is 430 g/mol. The number of ketones is 1. The summed E-state index contributed by atoms with van der Waals surface area (Å²) in [6, 6.07) is 10.1. The Balaban J connectivity index is 2.13. The summed E-state index contributed by atoms with van der Waals surface area (Å²) in [5.74, 6) is 0.610. The molecule has 3 rings (SSSR count). The van der Waals surface area contributed by atoms with Gasteiger partial charge < -0.3 is 0 Å². The molecular weight excluding hydrogens is 405 g/mol. The van der Waals surface area contributed by atoms with E-state index in [-0.39, 0.29) is 17.1 Å². The fourth-order valence-corrected chi connectivity index (χ4v) is 3.23. The van der Waals surface area contributed by atoms with Crippen LogP contribution in [0.3, 0.4) is 0 Å². The molecule has 0 N–H and O–H groups in total. The Morgan fingerprint density at radius 2 is 1.65 bits per heavy atom. The molecule has 0 saturated heterocycles. The lowest BCUT2D eigenvalue weighted by Gasteiger charge is -2.18. The smallest absolute Gasteiger partial charge is 0.294 e. The van der Waals surface area contributed by atoms with E-state index in [1.807, 2.05) is 34.6 Å². The average molecular weight is 430 g/mol. The minimum Gasteiger partial charge on any atom is -0.294 e. The van der Waals surface area contributed by atoms with E-state index < -0.39 is 11.7 Å². The minimum atomic E-state index is -4.41. The number of rotatable bonds is 5. The van der Waals surface area contributed by atoms with Crippen molar-refractivity contribution in [2.45, 2.75) is 53.1 Å². The predicted octanol–water partition coefficient (Wildman–Crippen LogP) is 6.09. The van der Waals surface area contributed by atoms with Crippen LogP contribution in [0.4, 0.5) is 13.2 Å². The van der Waals surface area contributed by atoms with Gasteiger partial charge in [-0.1, -0.05) is 46.8 Å². The van der Waals surface area contributed by atoms with Gasteiger partial charge in [-0.05, 0) is 57.3 Å². The van der Waals surface area contributed by atoms with E-state index in [9.17, 15) is 18.0 Å². The number of carbonyl (C=O) groups excluding carboxylic acids is 1. The van der Waals surface area contributed by atoms with E-state index in [0.717, 1.165) is 12.1 Å². The van der Waals surface area contributed by atoms with Gasteiger partial charge in [0.05, 0.1) is 11.3 Å². The summed E-state index contributed by atoms with van der Waals surface area (Å²) < 4.78 is 40.4. The number of nitrogens with zero attached hydrogens (tertiary/aromatic N) is 4. The number of Topliss-reactive ketones (excluding diaryl/α,β-unsaturated/α-hetero) is 1. The van der Waals surface area contributed by atoms with Gasteiger partial charge in [0.2, 0.25) is 0 Å². The zero-order valence-corrected chi connectivity index (χ0v) is 18.2. The number of halogens is 3. The summed E-state index contributed by atoms with van der Waals surface area (Å²) in [5.41, 5.74) is 1.31. The number of aromatic nitrogens is 4. The van der Waals surface area contributed by atoms with Crippen LogP contribution in [0.2, 0.25) is 0 Å². The van der Waals surface area contributed by atoms with E-state index in [4.69, 9.17) is 0 Å². The van der Waals surface area contributed by atoms with Gasteiger partial charge in [-0.25, -0.2) is 0 Å². The maximum atomic E-state index is 13.0. The lowest BCUT2D eigenvalue weighted by Crippen LogP contribution is -2.14. The first-order chi connectivity index (χ1) is 14.3. The molecule has 31 heavy (non-hydrogen) atoms. The van der Waals surface area contributed by atoms with Gasteiger partial charge in [0.15, 0.2) is 11.6 Å². The highest BCUT2D eigenvalue weighted by atomic mass is 19.4. The summed E-state index contributed by atoms with van der Waals surface area (Å²) in [7, 11) is 0. The third kappa shape index (κ3) is 5.37. The van der Waals surface area contributed by atoms with Crippen molar-refractivity contribution < 1.29 is 18.0 Å². The van der Waals surface area contributed by atoms with Crippen molar-refractivity contribution in [3.63, 3.8) is 0 Å². The molecule has 0 unspecified atom stereocenters. The molecule has 1 aromatic heterocycles. The zero-order valence-electron chi connectivity index (χ0n) is 18.2. The van der Waals surface area contributed by atoms with E-state index in [2.05, 4.69) is 15.5 Å². The summed E-state index contributed by atoms with van der Waals surface area (Å²) in [6.45, 7) is 9.83. The van der Waals surface area contributed by atoms with Crippen molar-refractivity contribution in [1.82, 2.24) is 20.2 Å². The average Bonchev–Trinajstić information content (AvgIpc) is 3.16. The van der Waals surface area contributed by atoms with Crippen LogP contribution in [0.15, 0.2) is 42.5 Å². The molecule has 164 valence electrons. The Kier molecular flexibility index (Phi) is 6.02. The van der Waals surface area contributed by atoms with Crippen LogP contribution in [0.25, 0.3) is 16.8 Å². The Bertz CT molecular complexity index is 1080. The normalized spacial score (nSPS) is 12.4. The molecule has 3 aromatic rings. The minimum absolute atomic E-state index is 0.0402. The molecule has 1 heterocycles. The van der Waals surface area contributed by atoms with Crippen molar-refractivity contribution in [2.24, 2.45) is 5.41 Å². The van der Waals surface area contributed by atoms with Gasteiger partial charge >= 0.3 is 6.18 Å².